The van der Waals surface area contributed by atoms with Crippen LogP contribution in [0.15, 0.2) is 53.4 Å². The second kappa shape index (κ2) is 17.9. The number of hydrogen-bond acceptors (Lipinski definition) is 9. The first-order chi connectivity index (χ1) is 24.9. The number of esters is 2. The Morgan fingerprint density at radius 2 is 1.26 bits per heavy atom. The molecule has 4 aliphatic carbocycles. The van der Waals surface area contributed by atoms with Crippen molar-refractivity contribution >= 4 is 32.2 Å². The molecule has 0 amide bonds. The van der Waals surface area contributed by atoms with E-state index in [0.717, 1.165) is 56.1 Å². The number of ether oxygens (including phenoxy) is 2. The molecular formula is C39H56F2O11S2. The first-order valence-electron chi connectivity index (χ1n) is 18.6. The Kier molecular flexibility index (Phi) is 15.0. The summed E-state index contributed by atoms with van der Waals surface area (Å²) in [6, 6.07) is 12.5. The van der Waals surface area contributed by atoms with Gasteiger partial charge in [0.15, 0.2) is 6.10 Å². The monoisotopic (exact) mass is 802 g/mol. The highest BCUT2D eigenvalue weighted by Gasteiger charge is 2.59. The van der Waals surface area contributed by atoms with Crippen molar-refractivity contribution in [1.29, 1.82) is 0 Å². The Morgan fingerprint density at radius 1 is 0.796 bits per heavy atom. The first-order valence-corrected chi connectivity index (χ1v) is 21.5. The predicted molar refractivity (Wildman–Crippen MR) is 199 cm³/mol. The van der Waals surface area contributed by atoms with E-state index < -0.39 is 43.2 Å². The minimum Gasteiger partial charge on any atom is -0.459 e. The molecule has 11 nitrogen and oxygen atoms in total. The number of benzene rings is 2. The van der Waals surface area contributed by atoms with Gasteiger partial charge in [-0.15, -0.1) is 0 Å². The summed E-state index contributed by atoms with van der Waals surface area (Å²) in [5.41, 5.74) is 1.21. The van der Waals surface area contributed by atoms with E-state index in [-0.39, 0.29) is 33.9 Å². The lowest BCUT2D eigenvalue weighted by Crippen LogP contribution is -2.60. The van der Waals surface area contributed by atoms with E-state index in [9.17, 15) is 40.3 Å². The molecule has 4 bridgehead atoms. The summed E-state index contributed by atoms with van der Waals surface area (Å²) < 4.78 is 96.7. The molecule has 0 spiro atoms. The normalized spacial score (nSPS) is 25.5. The SMILES string of the molecule is CCC(C)C(=O)OC12CC3CC(CC(O)(C3)C1)C2.CCC(C)c1ccc(C(=O)OC(C)C(F)(F)S(=O)(=O)O)cc1.CCC(C)c1ccc(S(=O)(=O)O)cc1. The van der Waals surface area contributed by atoms with Gasteiger partial charge in [0.1, 0.15) is 5.60 Å². The number of aliphatic hydroxyl groups is 1. The summed E-state index contributed by atoms with van der Waals surface area (Å²) in [6.45, 7) is 12.8. The molecule has 0 radical (unpaired) electrons. The molecule has 0 saturated heterocycles. The number of carbonyl (C=O) groups is 2. The van der Waals surface area contributed by atoms with Crippen molar-refractivity contribution in [2.24, 2.45) is 17.8 Å². The summed E-state index contributed by atoms with van der Waals surface area (Å²) in [5, 5.41) is 6.01. The second-order valence-electron chi connectivity index (χ2n) is 15.5. The van der Waals surface area contributed by atoms with Crippen LogP contribution in [0.3, 0.4) is 0 Å². The predicted octanol–water partition coefficient (Wildman–Crippen LogP) is 8.33. The number of alkyl halides is 2. The average Bonchev–Trinajstić information content (AvgIpc) is 3.09. The zero-order valence-electron chi connectivity index (χ0n) is 32.1. The highest BCUT2D eigenvalue weighted by molar-refractivity contribution is 7.87. The summed E-state index contributed by atoms with van der Waals surface area (Å²) in [6.07, 6.45) is 6.13. The van der Waals surface area contributed by atoms with Crippen LogP contribution in [-0.4, -0.2) is 65.5 Å². The zero-order valence-corrected chi connectivity index (χ0v) is 33.8. The van der Waals surface area contributed by atoms with E-state index >= 15 is 0 Å². The standard InChI is InChI=1S/C15H24O3.C14H18F2O5S.C10H14O3S/c1-3-10(2)13(16)18-15-7-11-4-12(8-15)6-14(17,5-11)9-15;1-4-9(2)11-5-7-12(8-6-11)13(17)21-10(3)14(15,16)22(18,19)20;1-3-8(2)9-4-6-10(7-5-9)14(11,12)13/h10-12,17H,3-9H2,1-2H3;5-10H,4H2,1-3H3,(H,18,19,20);4-8H,3H2,1-2H3,(H,11,12,13). The fraction of sp³-hybridized carbons (Fsp3) is 0.641. The molecule has 2 aromatic carbocycles. The largest absolute Gasteiger partial charge is 0.459 e. The third-order valence-electron chi connectivity index (χ3n) is 11.1. The third kappa shape index (κ3) is 11.5. The van der Waals surface area contributed by atoms with Gasteiger partial charge in [0, 0.05) is 6.42 Å². The van der Waals surface area contributed by atoms with Gasteiger partial charge in [0.2, 0.25) is 0 Å². The van der Waals surface area contributed by atoms with Crippen molar-refractivity contribution in [2.75, 3.05) is 0 Å². The molecule has 0 aliphatic heterocycles. The van der Waals surface area contributed by atoms with Crippen LogP contribution in [-0.2, 0) is 34.5 Å². The first kappa shape index (κ1) is 45.4. The highest BCUT2D eigenvalue weighted by atomic mass is 32.2. The molecule has 4 fully saturated rings. The van der Waals surface area contributed by atoms with E-state index in [1.165, 1.54) is 30.7 Å². The number of carbonyl (C=O) groups excluding carboxylic acids is 2. The highest BCUT2D eigenvalue weighted by Crippen LogP contribution is 2.59. The van der Waals surface area contributed by atoms with Crippen LogP contribution >= 0.6 is 0 Å². The molecule has 4 aliphatic rings. The van der Waals surface area contributed by atoms with Gasteiger partial charge in [-0.25, -0.2) is 4.79 Å². The molecule has 4 saturated carbocycles. The molecule has 15 heteroatoms. The van der Waals surface area contributed by atoms with Crippen molar-refractivity contribution in [2.45, 2.75) is 146 Å². The van der Waals surface area contributed by atoms with Crippen LogP contribution in [0.2, 0.25) is 0 Å². The van der Waals surface area contributed by atoms with Crippen molar-refractivity contribution < 1.29 is 58.9 Å². The van der Waals surface area contributed by atoms with Gasteiger partial charge in [-0.1, -0.05) is 65.8 Å². The molecule has 6 atom stereocenters. The fourth-order valence-electron chi connectivity index (χ4n) is 7.63. The maximum Gasteiger partial charge on any atom is 0.405 e. The Hall–Kier alpha value is -2.98. The molecule has 2 aromatic rings. The Bertz CT molecular complexity index is 1780. The van der Waals surface area contributed by atoms with Crippen LogP contribution in [0.25, 0.3) is 0 Å². The van der Waals surface area contributed by atoms with E-state index in [0.29, 0.717) is 31.1 Å². The van der Waals surface area contributed by atoms with Gasteiger partial charge in [-0.05, 0) is 117 Å². The molecule has 0 heterocycles. The fourth-order valence-corrected chi connectivity index (χ4v) is 8.57. The van der Waals surface area contributed by atoms with E-state index in [1.807, 2.05) is 27.7 Å². The van der Waals surface area contributed by atoms with Crippen LogP contribution < -0.4 is 0 Å². The second-order valence-corrected chi connectivity index (χ2v) is 18.4. The molecule has 6 rings (SSSR count). The Morgan fingerprint density at radius 3 is 1.65 bits per heavy atom. The van der Waals surface area contributed by atoms with Crippen molar-refractivity contribution in [3.8, 4) is 0 Å². The van der Waals surface area contributed by atoms with Gasteiger partial charge < -0.3 is 14.6 Å². The van der Waals surface area contributed by atoms with Crippen LogP contribution in [0.1, 0.15) is 140 Å². The summed E-state index contributed by atoms with van der Waals surface area (Å²) >= 11 is 0. The molecule has 6 unspecified atom stereocenters. The van der Waals surface area contributed by atoms with E-state index in [1.54, 1.807) is 24.3 Å². The van der Waals surface area contributed by atoms with Gasteiger partial charge in [-0.3, -0.25) is 13.9 Å². The Balaban J connectivity index is 0.000000223. The van der Waals surface area contributed by atoms with E-state index in [2.05, 4.69) is 18.6 Å². The lowest BCUT2D eigenvalue weighted by Gasteiger charge is -2.59. The summed E-state index contributed by atoms with van der Waals surface area (Å²) in [7, 11) is -9.71. The topological polar surface area (TPSA) is 182 Å². The minimum absolute atomic E-state index is 0.0186. The summed E-state index contributed by atoms with van der Waals surface area (Å²) in [5.74, 6) is 0.655. The quantitative estimate of drug-likeness (QED) is 0.139. The zero-order chi connectivity index (χ0) is 40.9. The van der Waals surface area contributed by atoms with Gasteiger partial charge in [0.05, 0.1) is 22.0 Å². The Labute approximate surface area is 318 Å². The van der Waals surface area contributed by atoms with Crippen molar-refractivity contribution in [3.05, 3.63) is 65.2 Å². The summed E-state index contributed by atoms with van der Waals surface area (Å²) in [4.78, 5) is 23.8. The van der Waals surface area contributed by atoms with Gasteiger partial charge in [0.25, 0.3) is 10.1 Å². The number of rotatable bonds is 12. The molecule has 304 valence electrons. The molecular weight excluding hydrogens is 747 g/mol. The van der Waals surface area contributed by atoms with Crippen molar-refractivity contribution in [1.82, 2.24) is 0 Å². The molecule has 54 heavy (non-hydrogen) atoms. The van der Waals surface area contributed by atoms with E-state index in [4.69, 9.17) is 13.8 Å². The smallest absolute Gasteiger partial charge is 0.405 e. The maximum atomic E-state index is 13.3. The van der Waals surface area contributed by atoms with Crippen LogP contribution in [0, 0.1) is 17.8 Å². The average molecular weight is 803 g/mol. The molecule has 0 aromatic heterocycles. The minimum atomic E-state index is -5.66. The molecule has 3 N–H and O–H groups in total. The van der Waals surface area contributed by atoms with Crippen molar-refractivity contribution in [3.63, 3.8) is 0 Å². The van der Waals surface area contributed by atoms with Crippen LogP contribution in [0.5, 0.6) is 0 Å². The number of hydrogen-bond donors (Lipinski definition) is 3. The maximum absolute atomic E-state index is 13.3. The lowest BCUT2D eigenvalue weighted by molar-refractivity contribution is -0.222. The van der Waals surface area contributed by atoms with Gasteiger partial charge in [-0.2, -0.15) is 25.6 Å². The lowest BCUT2D eigenvalue weighted by atomic mass is 9.52. The van der Waals surface area contributed by atoms with Gasteiger partial charge >= 0.3 is 27.3 Å². The number of halogens is 2. The van der Waals surface area contributed by atoms with Crippen LogP contribution in [0.4, 0.5) is 8.78 Å². The third-order valence-corrected chi connectivity index (χ3v) is 13.0.